The summed E-state index contributed by atoms with van der Waals surface area (Å²) in [5.41, 5.74) is 2.41. The molecule has 4 rings (SSSR count). The number of rotatable bonds is 5. The van der Waals surface area contributed by atoms with E-state index in [-0.39, 0.29) is 22.8 Å². The van der Waals surface area contributed by atoms with E-state index >= 15 is 0 Å². The van der Waals surface area contributed by atoms with Crippen molar-refractivity contribution in [1.29, 1.82) is 0 Å². The summed E-state index contributed by atoms with van der Waals surface area (Å²) in [5.74, 6) is -0.327. The number of para-hydroxylation sites is 2. The highest BCUT2D eigenvalue weighted by Crippen LogP contribution is 2.23. The first kappa shape index (κ1) is 21.7. The van der Waals surface area contributed by atoms with Crippen LogP contribution in [0, 0.1) is 6.92 Å². The molecule has 0 atom stereocenters. The molecule has 0 bridgehead atoms. The van der Waals surface area contributed by atoms with Gasteiger partial charge in [0.1, 0.15) is 6.54 Å². The van der Waals surface area contributed by atoms with E-state index in [1.807, 2.05) is 24.3 Å². The lowest BCUT2D eigenvalue weighted by atomic mass is 10.1. The number of aromatic nitrogens is 1. The number of pyridine rings is 1. The Hall–Kier alpha value is -3.49. The highest BCUT2D eigenvalue weighted by Gasteiger charge is 2.19. The van der Waals surface area contributed by atoms with Crippen LogP contribution in [0.1, 0.15) is 5.56 Å². The molecule has 1 aromatic heterocycles. The number of amides is 1. The Morgan fingerprint density at radius 1 is 0.938 bits per heavy atom. The maximum Gasteiger partial charge on any atom is 0.244 e. The molecule has 0 aliphatic rings. The van der Waals surface area contributed by atoms with Crippen molar-refractivity contribution in [2.75, 3.05) is 19.4 Å². The van der Waals surface area contributed by atoms with Crippen molar-refractivity contribution >= 4 is 43.4 Å². The van der Waals surface area contributed by atoms with Crippen LogP contribution in [0.3, 0.4) is 0 Å². The first-order valence-electron chi connectivity index (χ1n) is 10.0. The molecule has 32 heavy (non-hydrogen) atoms. The number of aryl methyl sites for hydroxylation is 1. The average molecular weight is 450 g/mol. The summed E-state index contributed by atoms with van der Waals surface area (Å²) in [5, 5.41) is 3.91. The normalized spacial score (nSPS) is 11.9. The molecule has 0 aliphatic carbocycles. The molecule has 4 aromatic rings. The molecule has 0 fully saturated rings. The van der Waals surface area contributed by atoms with Crippen molar-refractivity contribution in [2.45, 2.75) is 18.4 Å². The largest absolute Gasteiger partial charge is 0.331 e. The van der Waals surface area contributed by atoms with Crippen LogP contribution in [0.25, 0.3) is 21.8 Å². The zero-order chi connectivity index (χ0) is 23.0. The van der Waals surface area contributed by atoms with Gasteiger partial charge in [0.05, 0.1) is 15.9 Å². The smallest absolute Gasteiger partial charge is 0.244 e. The summed E-state index contributed by atoms with van der Waals surface area (Å²) in [6, 6.07) is 19.0. The second-order valence-electron chi connectivity index (χ2n) is 7.76. The van der Waals surface area contributed by atoms with Gasteiger partial charge in [0, 0.05) is 30.6 Å². The van der Waals surface area contributed by atoms with E-state index in [1.54, 1.807) is 41.8 Å². The summed E-state index contributed by atoms with van der Waals surface area (Å²) >= 11 is 0. The van der Waals surface area contributed by atoms with Gasteiger partial charge < -0.3 is 9.88 Å². The molecule has 0 unspecified atom stereocenters. The summed E-state index contributed by atoms with van der Waals surface area (Å²) in [6.07, 6.45) is 0. The van der Waals surface area contributed by atoms with Gasteiger partial charge in [-0.3, -0.25) is 9.59 Å². The van der Waals surface area contributed by atoms with Crippen LogP contribution in [0.15, 0.2) is 76.4 Å². The third kappa shape index (κ3) is 3.79. The van der Waals surface area contributed by atoms with Crippen molar-refractivity contribution in [3.63, 3.8) is 0 Å². The van der Waals surface area contributed by atoms with Gasteiger partial charge in [0.2, 0.25) is 15.9 Å². The number of carbonyl (C=O) groups excluding carboxylic acids is 1. The molecule has 8 heteroatoms. The average Bonchev–Trinajstić information content (AvgIpc) is 2.78. The van der Waals surface area contributed by atoms with E-state index in [0.717, 1.165) is 9.87 Å². The number of fused-ring (bicyclic) bond motifs is 2. The number of benzene rings is 3. The molecule has 164 valence electrons. The minimum Gasteiger partial charge on any atom is -0.331 e. The van der Waals surface area contributed by atoms with E-state index in [0.29, 0.717) is 27.5 Å². The van der Waals surface area contributed by atoms with Crippen LogP contribution >= 0.6 is 0 Å². The Balaban J connectivity index is 1.75. The third-order valence-electron chi connectivity index (χ3n) is 5.44. The number of nitrogens with one attached hydrogen (secondary N) is 1. The number of sulfonamides is 1. The molecule has 1 heterocycles. The summed E-state index contributed by atoms with van der Waals surface area (Å²) in [7, 11) is -0.714. The molecule has 0 saturated carbocycles. The number of hydrogen-bond donors (Lipinski definition) is 1. The van der Waals surface area contributed by atoms with Crippen molar-refractivity contribution in [2.24, 2.45) is 0 Å². The fourth-order valence-corrected chi connectivity index (χ4v) is 4.62. The minimum absolute atomic E-state index is 0.0363. The number of carbonyl (C=O) groups is 1. The van der Waals surface area contributed by atoms with E-state index in [2.05, 4.69) is 5.32 Å². The molecule has 0 aliphatic heterocycles. The van der Waals surface area contributed by atoms with Gasteiger partial charge in [0.15, 0.2) is 5.43 Å². The highest BCUT2D eigenvalue weighted by atomic mass is 32.2. The van der Waals surface area contributed by atoms with Crippen molar-refractivity contribution in [1.82, 2.24) is 8.87 Å². The molecule has 1 amide bonds. The van der Waals surface area contributed by atoms with Crippen LogP contribution in [0.4, 0.5) is 5.69 Å². The Morgan fingerprint density at radius 3 is 2.06 bits per heavy atom. The van der Waals surface area contributed by atoms with E-state index < -0.39 is 10.0 Å². The molecule has 0 spiro atoms. The van der Waals surface area contributed by atoms with Crippen LogP contribution in [0.5, 0.6) is 0 Å². The fraction of sp³-hybridized carbons (Fsp3) is 0.167. The monoisotopic (exact) mass is 449 g/mol. The van der Waals surface area contributed by atoms with Crippen LogP contribution < -0.4 is 10.7 Å². The van der Waals surface area contributed by atoms with Gasteiger partial charge in [-0.05, 0) is 48.9 Å². The lowest BCUT2D eigenvalue weighted by Crippen LogP contribution is -2.24. The van der Waals surface area contributed by atoms with Crippen LogP contribution in [0.2, 0.25) is 0 Å². The van der Waals surface area contributed by atoms with Gasteiger partial charge in [-0.1, -0.05) is 30.3 Å². The summed E-state index contributed by atoms with van der Waals surface area (Å²) in [4.78, 5) is 26.0. The standard InChI is InChI=1S/C24H23N3O4S/c1-16-12-13-17(32(30,31)26(2)3)14-20(16)25-23(28)15-27-21-10-6-4-8-18(21)24(29)19-9-5-7-11-22(19)27/h4-14H,15H2,1-3H3,(H,25,28). The Labute approximate surface area is 185 Å². The highest BCUT2D eigenvalue weighted by molar-refractivity contribution is 7.89. The second-order valence-corrected chi connectivity index (χ2v) is 9.91. The first-order chi connectivity index (χ1) is 15.2. The molecule has 0 radical (unpaired) electrons. The molecule has 3 aromatic carbocycles. The van der Waals surface area contributed by atoms with Crippen molar-refractivity contribution in [3.8, 4) is 0 Å². The maximum absolute atomic E-state index is 13.0. The lowest BCUT2D eigenvalue weighted by Gasteiger charge is -2.17. The maximum atomic E-state index is 13.0. The fourth-order valence-electron chi connectivity index (χ4n) is 3.69. The molecular formula is C24H23N3O4S. The molecule has 7 nitrogen and oxygen atoms in total. The summed E-state index contributed by atoms with van der Waals surface area (Å²) < 4.78 is 27.9. The predicted molar refractivity (Wildman–Crippen MR) is 126 cm³/mol. The van der Waals surface area contributed by atoms with Crippen LogP contribution in [-0.4, -0.2) is 37.3 Å². The summed E-state index contributed by atoms with van der Waals surface area (Å²) in [6.45, 7) is 1.76. The number of anilines is 1. The van der Waals surface area contributed by atoms with E-state index in [9.17, 15) is 18.0 Å². The Kier molecular flexibility index (Phi) is 5.58. The third-order valence-corrected chi connectivity index (χ3v) is 7.25. The number of hydrogen-bond acceptors (Lipinski definition) is 4. The molecule has 1 N–H and O–H groups in total. The van der Waals surface area contributed by atoms with E-state index in [4.69, 9.17) is 0 Å². The quantitative estimate of drug-likeness (QED) is 0.473. The van der Waals surface area contributed by atoms with E-state index in [1.165, 1.54) is 26.2 Å². The zero-order valence-electron chi connectivity index (χ0n) is 18.0. The van der Waals surface area contributed by atoms with Crippen LogP contribution in [-0.2, 0) is 21.4 Å². The minimum atomic E-state index is -3.63. The second kappa shape index (κ2) is 8.22. The van der Waals surface area contributed by atoms with Gasteiger partial charge in [-0.2, -0.15) is 0 Å². The molecular weight excluding hydrogens is 426 g/mol. The van der Waals surface area contributed by atoms with Crippen molar-refractivity contribution in [3.05, 3.63) is 82.5 Å². The molecule has 0 saturated heterocycles. The lowest BCUT2D eigenvalue weighted by molar-refractivity contribution is -0.116. The van der Waals surface area contributed by atoms with Gasteiger partial charge in [-0.25, -0.2) is 12.7 Å². The SMILES string of the molecule is Cc1ccc(S(=O)(=O)N(C)C)cc1NC(=O)Cn1c2ccccc2c(=O)c2ccccc21. The first-order valence-corrected chi connectivity index (χ1v) is 11.5. The predicted octanol–water partition coefficient (Wildman–Crippen LogP) is 3.35. The Morgan fingerprint density at radius 2 is 1.50 bits per heavy atom. The Bertz CT molecular complexity index is 1460. The zero-order valence-corrected chi connectivity index (χ0v) is 18.8. The van der Waals surface area contributed by atoms with Gasteiger partial charge >= 0.3 is 0 Å². The van der Waals surface area contributed by atoms with Gasteiger partial charge in [0.25, 0.3) is 0 Å². The number of nitrogens with zero attached hydrogens (tertiary/aromatic N) is 2. The van der Waals surface area contributed by atoms with Gasteiger partial charge in [-0.15, -0.1) is 0 Å². The van der Waals surface area contributed by atoms with Crippen molar-refractivity contribution < 1.29 is 13.2 Å². The topological polar surface area (TPSA) is 88.5 Å².